The van der Waals surface area contributed by atoms with E-state index in [2.05, 4.69) is 19.2 Å². The molecule has 2 heterocycles. The third-order valence-corrected chi connectivity index (χ3v) is 6.03. The Morgan fingerprint density at radius 3 is 2.88 bits per heavy atom. The van der Waals surface area contributed by atoms with Gasteiger partial charge in [0.2, 0.25) is 5.91 Å². The molecule has 1 aliphatic rings. The van der Waals surface area contributed by atoms with Crippen molar-refractivity contribution >= 4 is 34.9 Å². The molecule has 0 aromatic carbocycles. The molecule has 1 fully saturated rings. The lowest BCUT2D eigenvalue weighted by molar-refractivity contribution is -0.124. The Morgan fingerprint density at radius 1 is 1.46 bits per heavy atom. The summed E-state index contributed by atoms with van der Waals surface area (Å²) in [5.41, 5.74) is 0. The summed E-state index contributed by atoms with van der Waals surface area (Å²) in [6.45, 7) is 5.48. The molecule has 1 aromatic heterocycles. The Morgan fingerprint density at radius 2 is 2.25 bits per heavy atom. The monoisotopic (exact) mass is 370 g/mol. The maximum atomic E-state index is 12.9. The number of rotatable bonds is 8. The number of amides is 2. The predicted octanol–water partition coefficient (Wildman–Crippen LogP) is 2.83. The van der Waals surface area contributed by atoms with Gasteiger partial charge in [0.05, 0.1) is 10.3 Å². The van der Waals surface area contributed by atoms with E-state index >= 15 is 0 Å². The van der Waals surface area contributed by atoms with Gasteiger partial charge in [-0.2, -0.15) is 0 Å². The Kier molecular flexibility index (Phi) is 7.58. The van der Waals surface area contributed by atoms with Gasteiger partial charge in [-0.25, -0.2) is 0 Å². The van der Waals surface area contributed by atoms with Gasteiger partial charge in [0.15, 0.2) is 0 Å². The average molecular weight is 371 g/mol. The van der Waals surface area contributed by atoms with Gasteiger partial charge < -0.3 is 15.0 Å². The lowest BCUT2D eigenvalue weighted by Crippen LogP contribution is -2.50. The summed E-state index contributed by atoms with van der Waals surface area (Å²) in [6, 6.07) is 3.31. The van der Waals surface area contributed by atoms with Crippen molar-refractivity contribution in [2.75, 3.05) is 26.0 Å². The number of hydrogen-bond donors (Lipinski definition) is 1. The van der Waals surface area contributed by atoms with Crippen LogP contribution >= 0.6 is 23.1 Å². The van der Waals surface area contributed by atoms with E-state index < -0.39 is 6.04 Å². The minimum Gasteiger partial charge on any atom is -0.385 e. The summed E-state index contributed by atoms with van der Waals surface area (Å²) < 4.78 is 5.00. The first kappa shape index (κ1) is 19.3. The van der Waals surface area contributed by atoms with Crippen LogP contribution in [0.4, 0.5) is 0 Å². The van der Waals surface area contributed by atoms with E-state index in [0.717, 1.165) is 12.8 Å². The molecule has 1 aliphatic heterocycles. The van der Waals surface area contributed by atoms with Crippen LogP contribution in [-0.2, 0) is 9.53 Å². The molecule has 2 unspecified atom stereocenters. The van der Waals surface area contributed by atoms with Gasteiger partial charge in [-0.3, -0.25) is 9.59 Å². The van der Waals surface area contributed by atoms with Gasteiger partial charge in [0.25, 0.3) is 5.91 Å². The van der Waals surface area contributed by atoms with Crippen LogP contribution < -0.4 is 5.32 Å². The van der Waals surface area contributed by atoms with Gasteiger partial charge >= 0.3 is 0 Å². The highest BCUT2D eigenvalue weighted by Gasteiger charge is 2.42. The molecule has 0 bridgehead atoms. The zero-order chi connectivity index (χ0) is 17.5. The molecule has 2 amide bonds. The third-order valence-electron chi connectivity index (χ3n) is 3.86. The molecule has 0 aliphatic carbocycles. The number of hydrogen-bond acceptors (Lipinski definition) is 5. The summed E-state index contributed by atoms with van der Waals surface area (Å²) in [7, 11) is 1.65. The van der Waals surface area contributed by atoms with Gasteiger partial charge in [0.1, 0.15) is 6.04 Å². The normalized spacial score (nSPS) is 20.6. The molecule has 0 radical (unpaired) electrons. The number of nitrogens with zero attached hydrogens (tertiary/aromatic N) is 1. The molecule has 1 N–H and O–H groups in total. The molecule has 7 heteroatoms. The van der Waals surface area contributed by atoms with Crippen molar-refractivity contribution in [1.29, 1.82) is 0 Å². The average Bonchev–Trinajstić information content (AvgIpc) is 3.20. The fourth-order valence-corrected chi connectivity index (χ4v) is 5.00. The van der Waals surface area contributed by atoms with Crippen LogP contribution in [0.3, 0.4) is 0 Å². The summed E-state index contributed by atoms with van der Waals surface area (Å²) in [5, 5.41) is 4.90. The highest BCUT2D eigenvalue weighted by atomic mass is 32.2. The van der Waals surface area contributed by atoms with E-state index in [1.807, 2.05) is 17.5 Å². The minimum atomic E-state index is -0.393. The number of nitrogens with one attached hydrogen (secondary N) is 1. The second-order valence-corrected chi connectivity index (χ2v) is 8.42. The van der Waals surface area contributed by atoms with Gasteiger partial charge in [-0.15, -0.1) is 23.1 Å². The minimum absolute atomic E-state index is 0.0299. The summed E-state index contributed by atoms with van der Waals surface area (Å²) >= 11 is 3.14. The van der Waals surface area contributed by atoms with Crippen LogP contribution in [0.15, 0.2) is 17.5 Å². The largest absolute Gasteiger partial charge is 0.385 e. The predicted molar refractivity (Wildman–Crippen MR) is 99.5 cm³/mol. The van der Waals surface area contributed by atoms with Crippen LogP contribution in [-0.4, -0.2) is 54.1 Å². The van der Waals surface area contributed by atoms with Crippen molar-refractivity contribution in [2.45, 2.75) is 38.1 Å². The first-order chi connectivity index (χ1) is 11.5. The molecule has 1 aromatic rings. The van der Waals surface area contributed by atoms with Crippen molar-refractivity contribution in [3.05, 3.63) is 22.4 Å². The molecule has 2 atom stereocenters. The maximum absolute atomic E-state index is 12.9. The van der Waals surface area contributed by atoms with E-state index in [-0.39, 0.29) is 17.2 Å². The number of thioether (sulfide) groups is 1. The highest BCUT2D eigenvalue weighted by Crippen LogP contribution is 2.35. The van der Waals surface area contributed by atoms with Crippen LogP contribution in [0, 0.1) is 5.92 Å². The van der Waals surface area contributed by atoms with Crippen molar-refractivity contribution in [3.63, 3.8) is 0 Å². The Hall–Kier alpha value is -1.05. The topological polar surface area (TPSA) is 58.6 Å². The molecular weight excluding hydrogens is 344 g/mol. The zero-order valence-corrected chi connectivity index (χ0v) is 16.1. The number of carbonyl (C=O) groups is 2. The maximum Gasteiger partial charge on any atom is 0.265 e. The van der Waals surface area contributed by atoms with Crippen LogP contribution in [0.1, 0.15) is 36.4 Å². The molecule has 0 saturated carbocycles. The summed E-state index contributed by atoms with van der Waals surface area (Å²) in [4.78, 5) is 28.0. The Bertz CT molecular complexity index is 534. The van der Waals surface area contributed by atoms with Gasteiger partial charge in [0, 0.05) is 26.0 Å². The zero-order valence-electron chi connectivity index (χ0n) is 14.5. The summed E-state index contributed by atoms with van der Waals surface area (Å²) in [5.74, 6) is 1.04. The third kappa shape index (κ3) is 4.97. The SMILES string of the molecule is COCCCNC(=O)C1CSC(CC(C)C)N1C(=O)c1cccs1. The molecule has 0 spiro atoms. The number of ether oxygens (including phenoxy) is 1. The second kappa shape index (κ2) is 9.44. The quantitative estimate of drug-likeness (QED) is 0.715. The molecule has 5 nitrogen and oxygen atoms in total. The van der Waals surface area contributed by atoms with Crippen molar-refractivity contribution < 1.29 is 14.3 Å². The highest BCUT2D eigenvalue weighted by molar-refractivity contribution is 8.00. The van der Waals surface area contributed by atoms with E-state index in [9.17, 15) is 9.59 Å². The van der Waals surface area contributed by atoms with Gasteiger partial charge in [-0.1, -0.05) is 19.9 Å². The van der Waals surface area contributed by atoms with E-state index in [4.69, 9.17) is 4.74 Å². The molecule has 134 valence electrons. The fraction of sp³-hybridized carbons (Fsp3) is 0.647. The Labute approximate surface area is 152 Å². The lowest BCUT2D eigenvalue weighted by Gasteiger charge is -2.29. The first-order valence-electron chi connectivity index (χ1n) is 8.29. The van der Waals surface area contributed by atoms with Crippen LogP contribution in [0.5, 0.6) is 0 Å². The first-order valence-corrected chi connectivity index (χ1v) is 10.2. The molecular formula is C17H26N2O3S2. The standard InChI is InChI=1S/C17H26N2O3S2/c1-12(2)10-15-19(17(21)14-6-4-9-23-14)13(11-24-15)16(20)18-7-5-8-22-3/h4,6,9,12-13,15H,5,7-8,10-11H2,1-3H3,(H,18,20). The van der Waals surface area contributed by atoms with E-state index in [0.29, 0.717) is 29.7 Å². The number of thiophene rings is 1. The van der Waals surface area contributed by atoms with Crippen LogP contribution in [0.2, 0.25) is 0 Å². The molecule has 24 heavy (non-hydrogen) atoms. The van der Waals surface area contributed by atoms with Gasteiger partial charge in [-0.05, 0) is 30.2 Å². The van der Waals surface area contributed by atoms with Crippen molar-refractivity contribution in [1.82, 2.24) is 10.2 Å². The molecule has 1 saturated heterocycles. The smallest absolute Gasteiger partial charge is 0.265 e. The van der Waals surface area contributed by atoms with E-state index in [1.165, 1.54) is 11.3 Å². The van der Waals surface area contributed by atoms with E-state index in [1.54, 1.807) is 23.8 Å². The number of methoxy groups -OCH3 is 1. The number of carbonyl (C=O) groups excluding carboxylic acids is 2. The molecule has 2 rings (SSSR count). The second-order valence-electron chi connectivity index (χ2n) is 6.26. The Balaban J connectivity index is 2.07. The van der Waals surface area contributed by atoms with Crippen LogP contribution in [0.25, 0.3) is 0 Å². The summed E-state index contributed by atoms with van der Waals surface area (Å²) in [6.07, 6.45) is 1.67. The van der Waals surface area contributed by atoms with Crippen molar-refractivity contribution in [2.24, 2.45) is 5.92 Å². The lowest BCUT2D eigenvalue weighted by atomic mass is 10.1. The fourth-order valence-electron chi connectivity index (χ4n) is 2.70. The van der Waals surface area contributed by atoms with Crippen molar-refractivity contribution in [3.8, 4) is 0 Å².